The number of anilines is 1. The van der Waals surface area contributed by atoms with Crippen LogP contribution in [0.4, 0.5) is 19.0 Å². The molecule has 0 aliphatic heterocycles. The van der Waals surface area contributed by atoms with E-state index in [2.05, 4.69) is 25.0 Å². The molecule has 0 bridgehead atoms. The van der Waals surface area contributed by atoms with E-state index in [9.17, 15) is 22.8 Å². The highest BCUT2D eigenvalue weighted by Crippen LogP contribution is 2.40. The van der Waals surface area contributed by atoms with E-state index in [0.717, 1.165) is 6.07 Å². The number of alkyl halides is 3. The molecule has 1 atom stereocenters. The molecule has 0 unspecified atom stereocenters. The van der Waals surface area contributed by atoms with Gasteiger partial charge in [-0.3, -0.25) is 14.2 Å². The number of pyridine rings is 2. The molecule has 9 nitrogen and oxygen atoms in total. The molecular formula is C32H23ClF3N5O4. The number of fused-ring (bicyclic) bond motifs is 2. The zero-order valence-corrected chi connectivity index (χ0v) is 24.4. The van der Waals surface area contributed by atoms with Crippen molar-refractivity contribution in [1.29, 1.82) is 0 Å². The minimum absolute atomic E-state index is 0.169. The summed E-state index contributed by atoms with van der Waals surface area (Å²) in [5.41, 5.74) is 1.34. The van der Waals surface area contributed by atoms with Gasteiger partial charge in [-0.25, -0.2) is 9.97 Å². The number of para-hydroxylation sites is 1. The van der Waals surface area contributed by atoms with E-state index in [4.69, 9.17) is 16.3 Å². The van der Waals surface area contributed by atoms with Crippen molar-refractivity contribution in [3.63, 3.8) is 0 Å². The van der Waals surface area contributed by atoms with Gasteiger partial charge in [0.25, 0.3) is 5.56 Å². The lowest BCUT2D eigenvalue weighted by atomic mass is 9.97. The van der Waals surface area contributed by atoms with Gasteiger partial charge >= 0.3 is 6.36 Å². The Labute approximate surface area is 257 Å². The number of benzene rings is 3. The van der Waals surface area contributed by atoms with Gasteiger partial charge in [0.2, 0.25) is 0 Å². The summed E-state index contributed by atoms with van der Waals surface area (Å²) >= 11 is 7.12. The fourth-order valence-electron chi connectivity index (χ4n) is 5.32. The molecule has 2 N–H and O–H groups in total. The molecule has 0 saturated carbocycles. The summed E-state index contributed by atoms with van der Waals surface area (Å²) in [5, 5.41) is 4.36. The maximum absolute atomic E-state index is 14.5. The lowest BCUT2D eigenvalue weighted by Crippen LogP contribution is -2.27. The van der Waals surface area contributed by atoms with Crippen LogP contribution in [-0.4, -0.2) is 33.0 Å². The van der Waals surface area contributed by atoms with Crippen molar-refractivity contribution in [2.24, 2.45) is 0 Å². The third-order valence-electron chi connectivity index (χ3n) is 7.21. The van der Waals surface area contributed by atoms with Crippen molar-refractivity contribution in [3.8, 4) is 28.3 Å². The van der Waals surface area contributed by atoms with Crippen molar-refractivity contribution >= 4 is 39.2 Å². The van der Waals surface area contributed by atoms with Crippen LogP contribution in [0.15, 0.2) is 94.9 Å². The molecule has 0 fully saturated rings. The molecule has 6 aromatic rings. The topological polar surface area (TPSA) is 111 Å². The number of aromatic nitrogens is 4. The maximum Gasteiger partial charge on any atom is 0.573 e. The summed E-state index contributed by atoms with van der Waals surface area (Å²) in [5.74, 6) is -0.440. The molecule has 6 rings (SSSR count). The molecular weight excluding hydrogens is 611 g/mol. The Hall–Kier alpha value is -5.36. The summed E-state index contributed by atoms with van der Waals surface area (Å²) in [4.78, 5) is 38.6. The molecule has 3 aromatic carbocycles. The number of aromatic amines is 1. The molecule has 3 aromatic heterocycles. The average molecular weight is 634 g/mol. The Bertz CT molecular complexity index is 2180. The molecule has 0 saturated heterocycles. The Balaban J connectivity index is 1.57. The monoisotopic (exact) mass is 633 g/mol. The maximum atomic E-state index is 14.5. The van der Waals surface area contributed by atoms with E-state index in [0.29, 0.717) is 33.5 Å². The Kier molecular flexibility index (Phi) is 7.67. The van der Waals surface area contributed by atoms with Crippen molar-refractivity contribution in [2.75, 3.05) is 12.4 Å². The van der Waals surface area contributed by atoms with Gasteiger partial charge < -0.3 is 19.8 Å². The van der Waals surface area contributed by atoms with Gasteiger partial charge in [0.05, 0.1) is 29.3 Å². The van der Waals surface area contributed by atoms with E-state index in [1.807, 2.05) is 0 Å². The van der Waals surface area contributed by atoms with Crippen LogP contribution in [0, 0.1) is 0 Å². The highest BCUT2D eigenvalue weighted by molar-refractivity contribution is 6.36. The number of nitrogens with zero attached hydrogens (tertiary/aromatic N) is 3. The van der Waals surface area contributed by atoms with E-state index in [-0.39, 0.29) is 32.8 Å². The first kappa shape index (κ1) is 29.7. The lowest BCUT2D eigenvalue weighted by Gasteiger charge is -2.24. The van der Waals surface area contributed by atoms with Crippen molar-refractivity contribution in [3.05, 3.63) is 117 Å². The number of halogens is 4. The van der Waals surface area contributed by atoms with E-state index in [1.54, 1.807) is 55.5 Å². The quantitative estimate of drug-likeness (QED) is 0.194. The zero-order valence-electron chi connectivity index (χ0n) is 23.6. The zero-order chi connectivity index (χ0) is 31.9. The number of ether oxygens (including phenoxy) is 2. The lowest BCUT2D eigenvalue weighted by molar-refractivity contribution is -0.275. The summed E-state index contributed by atoms with van der Waals surface area (Å²) < 4.78 is 49.6. The van der Waals surface area contributed by atoms with E-state index < -0.39 is 23.7 Å². The summed E-state index contributed by atoms with van der Waals surface area (Å²) in [6.45, 7) is 1.78. The first-order valence-corrected chi connectivity index (χ1v) is 13.9. The Morgan fingerprint density at radius 1 is 0.956 bits per heavy atom. The molecule has 228 valence electrons. The molecule has 13 heteroatoms. The van der Waals surface area contributed by atoms with Crippen molar-refractivity contribution < 1.29 is 22.6 Å². The van der Waals surface area contributed by atoms with E-state index in [1.165, 1.54) is 42.4 Å². The number of nitrogens with one attached hydrogen (secondary N) is 2. The second kappa shape index (κ2) is 11.6. The van der Waals surface area contributed by atoms with Crippen LogP contribution < -0.4 is 25.8 Å². The predicted molar refractivity (Wildman–Crippen MR) is 165 cm³/mol. The highest BCUT2D eigenvalue weighted by Gasteiger charge is 2.33. The van der Waals surface area contributed by atoms with E-state index >= 15 is 0 Å². The summed E-state index contributed by atoms with van der Waals surface area (Å²) in [6, 6.07) is 18.5. The predicted octanol–water partition coefficient (Wildman–Crippen LogP) is 7.02. The Morgan fingerprint density at radius 2 is 1.73 bits per heavy atom. The highest BCUT2D eigenvalue weighted by atomic mass is 35.5. The van der Waals surface area contributed by atoms with Gasteiger partial charge in [0.15, 0.2) is 16.9 Å². The van der Waals surface area contributed by atoms with Crippen LogP contribution in [0.1, 0.15) is 18.7 Å². The molecule has 0 aliphatic rings. The SMILES string of the molecule is COc1cc(-c2cccc3c(Cl)c([C@H](C)Nc4ncnc5[nH]ccc(=O)c45)n(-c4ccccc4)c(=O)c23)ccc1OC(F)(F)F. The number of hydrogen-bond donors (Lipinski definition) is 2. The first-order valence-electron chi connectivity index (χ1n) is 13.5. The summed E-state index contributed by atoms with van der Waals surface area (Å²) in [6.07, 6.45) is -2.12. The molecule has 3 heterocycles. The second-order valence-electron chi connectivity index (χ2n) is 9.97. The molecule has 45 heavy (non-hydrogen) atoms. The van der Waals surface area contributed by atoms with Crippen LogP contribution in [0.2, 0.25) is 5.02 Å². The number of hydrogen-bond acceptors (Lipinski definition) is 7. The minimum atomic E-state index is -4.92. The summed E-state index contributed by atoms with van der Waals surface area (Å²) in [7, 11) is 1.22. The molecule has 0 aliphatic carbocycles. The van der Waals surface area contributed by atoms with Gasteiger partial charge in [-0.1, -0.05) is 54.1 Å². The van der Waals surface area contributed by atoms with Crippen LogP contribution in [-0.2, 0) is 0 Å². The van der Waals surface area contributed by atoms with Crippen molar-refractivity contribution in [1.82, 2.24) is 19.5 Å². The van der Waals surface area contributed by atoms with Crippen LogP contribution in [0.3, 0.4) is 0 Å². The second-order valence-corrected chi connectivity index (χ2v) is 10.3. The van der Waals surface area contributed by atoms with Crippen LogP contribution in [0.25, 0.3) is 38.6 Å². The number of methoxy groups -OCH3 is 1. The first-order chi connectivity index (χ1) is 21.6. The van der Waals surface area contributed by atoms with Gasteiger partial charge in [0, 0.05) is 23.3 Å². The molecule has 0 radical (unpaired) electrons. The normalized spacial score (nSPS) is 12.3. The number of H-pyrrole nitrogens is 1. The third kappa shape index (κ3) is 5.55. The standard InChI is InChI=1S/C32H23ClF3N5O4/c1-17(40-30-26-22(42)13-14-37-29(26)38-16-39-30)28-27(33)21-10-6-9-20(25(21)31(43)41(28)19-7-4-3-5-8-19)18-11-12-23(24(15-18)44-2)45-32(34,35)36/h3-17H,1-2H3,(H2,37,38,39,40,42)/t17-/m0/s1. The van der Waals surface area contributed by atoms with Gasteiger partial charge in [-0.15, -0.1) is 13.2 Å². The van der Waals surface area contributed by atoms with Gasteiger partial charge in [-0.05, 0) is 42.3 Å². The third-order valence-corrected chi connectivity index (χ3v) is 7.61. The molecule has 0 spiro atoms. The minimum Gasteiger partial charge on any atom is -0.493 e. The van der Waals surface area contributed by atoms with Crippen molar-refractivity contribution in [2.45, 2.75) is 19.3 Å². The number of rotatable bonds is 7. The van der Waals surface area contributed by atoms with Gasteiger partial charge in [0.1, 0.15) is 23.2 Å². The largest absolute Gasteiger partial charge is 0.573 e. The Morgan fingerprint density at radius 3 is 2.47 bits per heavy atom. The average Bonchev–Trinajstić information content (AvgIpc) is 3.02. The smallest absolute Gasteiger partial charge is 0.493 e. The van der Waals surface area contributed by atoms with Crippen LogP contribution in [0.5, 0.6) is 11.5 Å². The van der Waals surface area contributed by atoms with Gasteiger partial charge in [-0.2, -0.15) is 0 Å². The molecule has 0 amide bonds. The van der Waals surface area contributed by atoms with Crippen LogP contribution >= 0.6 is 11.6 Å². The fourth-order valence-corrected chi connectivity index (χ4v) is 5.72. The fraction of sp³-hybridized carbons (Fsp3) is 0.125.